The molecular formula is C20H17ClFN5OS. The quantitative estimate of drug-likeness (QED) is 0.595. The van der Waals surface area contributed by atoms with E-state index in [9.17, 15) is 9.18 Å². The van der Waals surface area contributed by atoms with Crippen molar-refractivity contribution >= 4 is 35.2 Å². The van der Waals surface area contributed by atoms with Gasteiger partial charge in [0.2, 0.25) is 17.0 Å². The summed E-state index contributed by atoms with van der Waals surface area (Å²) in [7, 11) is 0. The second-order valence-electron chi connectivity index (χ2n) is 6.52. The van der Waals surface area contributed by atoms with E-state index in [-0.39, 0.29) is 5.82 Å². The highest BCUT2D eigenvalue weighted by molar-refractivity contribution is 7.98. The molecular weight excluding hydrogens is 413 g/mol. The molecule has 6 nitrogen and oxygen atoms in total. The topological polar surface area (TPSA) is 85.8 Å². The third-order valence-corrected chi connectivity index (χ3v) is 5.74. The van der Waals surface area contributed by atoms with Gasteiger partial charge >= 0.3 is 0 Å². The number of carbonyl (C=O) groups is 1. The molecule has 1 aliphatic heterocycles. The van der Waals surface area contributed by atoms with Gasteiger partial charge < -0.3 is 11.1 Å². The number of thioether (sulfide) groups is 1. The molecule has 0 saturated heterocycles. The SMILES string of the molecule is CC1=C(C(N)=O)[C@@H](c2ccc(Cl)cc2)n2nc(SCc3ccccc3F)nc2N1. The Morgan fingerprint density at radius 1 is 1.28 bits per heavy atom. The molecule has 2 aromatic carbocycles. The number of nitrogens with one attached hydrogen (secondary N) is 1. The number of fused-ring (bicyclic) bond motifs is 1. The van der Waals surface area contributed by atoms with Crippen molar-refractivity contribution in [1.29, 1.82) is 0 Å². The molecule has 2 heterocycles. The Balaban J connectivity index is 1.69. The molecule has 4 rings (SSSR count). The first-order chi connectivity index (χ1) is 13.9. The van der Waals surface area contributed by atoms with Gasteiger partial charge in [-0.1, -0.05) is 53.7 Å². The Morgan fingerprint density at radius 2 is 2.00 bits per heavy atom. The Morgan fingerprint density at radius 3 is 2.69 bits per heavy atom. The third kappa shape index (κ3) is 3.86. The maximum Gasteiger partial charge on any atom is 0.248 e. The number of rotatable bonds is 5. The molecule has 1 aliphatic rings. The summed E-state index contributed by atoms with van der Waals surface area (Å²) in [6.07, 6.45) is 0. The highest BCUT2D eigenvalue weighted by atomic mass is 35.5. The zero-order valence-electron chi connectivity index (χ0n) is 15.4. The number of nitrogens with zero attached hydrogens (tertiary/aromatic N) is 3. The van der Waals surface area contributed by atoms with Crippen LogP contribution in [0.15, 0.2) is 65.0 Å². The minimum atomic E-state index is -0.545. The molecule has 0 spiro atoms. The van der Waals surface area contributed by atoms with Crippen LogP contribution in [0.5, 0.6) is 0 Å². The van der Waals surface area contributed by atoms with Gasteiger partial charge in [0.05, 0.1) is 5.57 Å². The van der Waals surface area contributed by atoms with E-state index in [0.29, 0.717) is 38.7 Å². The first-order valence-electron chi connectivity index (χ1n) is 8.80. The smallest absolute Gasteiger partial charge is 0.248 e. The van der Waals surface area contributed by atoms with Gasteiger partial charge in [0.15, 0.2) is 0 Å². The van der Waals surface area contributed by atoms with Gasteiger partial charge in [0.25, 0.3) is 0 Å². The van der Waals surface area contributed by atoms with Crippen LogP contribution in [0.2, 0.25) is 5.02 Å². The van der Waals surface area contributed by atoms with Gasteiger partial charge in [-0.25, -0.2) is 9.07 Å². The van der Waals surface area contributed by atoms with E-state index in [1.54, 1.807) is 41.9 Å². The third-order valence-electron chi connectivity index (χ3n) is 4.60. The average molecular weight is 430 g/mol. The van der Waals surface area contributed by atoms with Crippen molar-refractivity contribution in [3.05, 3.63) is 81.8 Å². The summed E-state index contributed by atoms with van der Waals surface area (Å²) in [4.78, 5) is 16.7. The van der Waals surface area contributed by atoms with Crippen LogP contribution < -0.4 is 11.1 Å². The summed E-state index contributed by atoms with van der Waals surface area (Å²) in [5.74, 6) is 0.0615. The predicted molar refractivity (Wildman–Crippen MR) is 111 cm³/mol. The summed E-state index contributed by atoms with van der Waals surface area (Å²) >= 11 is 7.32. The Bertz CT molecular complexity index is 1110. The van der Waals surface area contributed by atoms with Crippen LogP contribution in [0.1, 0.15) is 24.1 Å². The predicted octanol–water partition coefficient (Wildman–Crippen LogP) is 4.14. The van der Waals surface area contributed by atoms with Gasteiger partial charge in [-0.05, 0) is 36.2 Å². The fourth-order valence-corrected chi connectivity index (χ4v) is 4.16. The number of benzene rings is 2. The van der Waals surface area contributed by atoms with Crippen molar-refractivity contribution in [2.24, 2.45) is 5.73 Å². The lowest BCUT2D eigenvalue weighted by molar-refractivity contribution is -0.115. The van der Waals surface area contributed by atoms with Crippen LogP contribution in [0, 0.1) is 5.82 Å². The summed E-state index contributed by atoms with van der Waals surface area (Å²) in [6.45, 7) is 1.77. The number of primary amides is 1. The first-order valence-corrected chi connectivity index (χ1v) is 10.2. The van der Waals surface area contributed by atoms with E-state index in [0.717, 1.165) is 5.56 Å². The van der Waals surface area contributed by atoms with Crippen LogP contribution in [-0.2, 0) is 10.5 Å². The molecule has 3 N–H and O–H groups in total. The molecule has 0 radical (unpaired) electrons. The van der Waals surface area contributed by atoms with Crippen LogP contribution >= 0.6 is 23.4 Å². The van der Waals surface area contributed by atoms with E-state index in [4.69, 9.17) is 17.3 Å². The zero-order chi connectivity index (χ0) is 20.5. The van der Waals surface area contributed by atoms with Gasteiger partial charge in [0.1, 0.15) is 11.9 Å². The standard InChI is InChI=1S/C20H17ClFN5OS/c1-11-16(18(23)28)17(12-6-8-14(21)9-7-12)27-19(24-11)25-20(26-27)29-10-13-4-2-3-5-15(13)22/h2-9,17H,10H2,1H3,(H2,23,28)(H,24,25,26)/t17-/m1/s1. The number of carbonyl (C=O) groups excluding carboxylic acids is 1. The first kappa shape index (κ1) is 19.5. The number of anilines is 1. The van der Waals surface area contributed by atoms with Gasteiger partial charge in [0, 0.05) is 16.5 Å². The molecule has 3 aromatic rings. The fourth-order valence-electron chi connectivity index (χ4n) is 3.22. The van der Waals surface area contributed by atoms with Gasteiger partial charge in [-0.2, -0.15) is 4.98 Å². The highest BCUT2D eigenvalue weighted by Gasteiger charge is 2.33. The van der Waals surface area contributed by atoms with Crippen LogP contribution in [0.4, 0.5) is 10.3 Å². The zero-order valence-corrected chi connectivity index (χ0v) is 17.0. The van der Waals surface area contributed by atoms with Crippen molar-refractivity contribution in [2.45, 2.75) is 23.9 Å². The Labute approximate surface area is 176 Å². The summed E-state index contributed by atoms with van der Waals surface area (Å²) in [6, 6.07) is 13.2. The van der Waals surface area contributed by atoms with Crippen molar-refractivity contribution < 1.29 is 9.18 Å². The molecule has 148 valence electrons. The van der Waals surface area contributed by atoms with Crippen molar-refractivity contribution in [3.8, 4) is 0 Å². The lowest BCUT2D eigenvalue weighted by Gasteiger charge is -2.27. The number of allylic oxidation sites excluding steroid dienone is 1. The van der Waals surface area contributed by atoms with E-state index in [1.807, 2.05) is 12.1 Å². The van der Waals surface area contributed by atoms with E-state index < -0.39 is 11.9 Å². The second kappa shape index (κ2) is 7.88. The van der Waals surface area contributed by atoms with Gasteiger partial charge in [-0.15, -0.1) is 5.10 Å². The van der Waals surface area contributed by atoms with Crippen molar-refractivity contribution in [1.82, 2.24) is 14.8 Å². The van der Waals surface area contributed by atoms with Crippen LogP contribution in [-0.4, -0.2) is 20.7 Å². The minimum Gasteiger partial charge on any atom is -0.366 e. The molecule has 1 aromatic heterocycles. The van der Waals surface area contributed by atoms with Crippen molar-refractivity contribution in [3.63, 3.8) is 0 Å². The second-order valence-corrected chi connectivity index (χ2v) is 7.90. The minimum absolute atomic E-state index is 0.269. The average Bonchev–Trinajstić information content (AvgIpc) is 3.09. The molecule has 0 saturated carbocycles. The van der Waals surface area contributed by atoms with E-state index >= 15 is 0 Å². The van der Waals surface area contributed by atoms with Crippen LogP contribution in [0.3, 0.4) is 0 Å². The number of hydrogen-bond acceptors (Lipinski definition) is 5. The molecule has 1 atom stereocenters. The highest BCUT2D eigenvalue weighted by Crippen LogP contribution is 2.36. The summed E-state index contributed by atoms with van der Waals surface area (Å²) in [5, 5.41) is 8.69. The lowest BCUT2D eigenvalue weighted by atomic mass is 9.95. The Kier molecular flexibility index (Phi) is 5.29. The monoisotopic (exact) mass is 429 g/mol. The number of halogens is 2. The normalized spacial score (nSPS) is 15.8. The molecule has 0 unspecified atom stereocenters. The maximum atomic E-state index is 13.9. The molecule has 29 heavy (non-hydrogen) atoms. The van der Waals surface area contributed by atoms with E-state index in [1.165, 1.54) is 17.8 Å². The number of hydrogen-bond donors (Lipinski definition) is 2. The van der Waals surface area contributed by atoms with Gasteiger partial charge in [-0.3, -0.25) is 4.79 Å². The van der Waals surface area contributed by atoms with E-state index in [2.05, 4.69) is 15.4 Å². The Hall–Kier alpha value is -2.84. The number of amides is 1. The number of aromatic nitrogens is 3. The molecule has 0 aliphatic carbocycles. The fraction of sp³-hybridized carbons (Fsp3) is 0.150. The molecule has 0 bridgehead atoms. The lowest BCUT2D eigenvalue weighted by Crippen LogP contribution is -2.31. The molecule has 1 amide bonds. The summed E-state index contributed by atoms with van der Waals surface area (Å²) in [5.41, 5.74) is 8.05. The number of nitrogens with two attached hydrogens (primary N) is 1. The van der Waals surface area contributed by atoms with Crippen molar-refractivity contribution in [2.75, 3.05) is 5.32 Å². The maximum absolute atomic E-state index is 13.9. The largest absolute Gasteiger partial charge is 0.366 e. The summed E-state index contributed by atoms with van der Waals surface area (Å²) < 4.78 is 15.5. The van der Waals surface area contributed by atoms with Crippen LogP contribution in [0.25, 0.3) is 0 Å². The molecule has 9 heteroatoms. The molecule has 0 fully saturated rings.